The molecule has 2 aromatic rings. The maximum atomic E-state index is 12.9. The Labute approximate surface area is 240 Å². The van der Waals surface area contributed by atoms with E-state index in [0.29, 0.717) is 35.7 Å². The Kier molecular flexibility index (Phi) is 6.70. The summed E-state index contributed by atoms with van der Waals surface area (Å²) in [6, 6.07) is 5.36. The van der Waals surface area contributed by atoms with Gasteiger partial charge >= 0.3 is 5.97 Å². The lowest BCUT2D eigenvalue weighted by atomic mass is 9.45. The first-order chi connectivity index (χ1) is 19.5. The van der Waals surface area contributed by atoms with Gasteiger partial charge in [-0.3, -0.25) is 0 Å². The van der Waals surface area contributed by atoms with Crippen LogP contribution < -0.4 is 4.90 Å². The van der Waals surface area contributed by atoms with Crippen molar-refractivity contribution in [3.8, 4) is 5.75 Å². The molecule has 0 radical (unpaired) electrons. The summed E-state index contributed by atoms with van der Waals surface area (Å²) < 4.78 is 7.61. The molecule has 2 aliphatic heterocycles. The van der Waals surface area contributed by atoms with Gasteiger partial charge in [-0.05, 0) is 60.8 Å². The number of carbonyl (C=O) groups excluding carboxylic acids is 1. The lowest BCUT2D eigenvalue weighted by Crippen LogP contribution is -2.60. The minimum absolute atomic E-state index is 0.00277. The van der Waals surface area contributed by atoms with Crippen LogP contribution in [0.25, 0.3) is 6.08 Å². The normalized spacial score (nSPS) is 33.6. The van der Waals surface area contributed by atoms with Gasteiger partial charge in [0.15, 0.2) is 0 Å². The van der Waals surface area contributed by atoms with Gasteiger partial charge in [-0.2, -0.15) is 0 Å². The monoisotopic (exact) mass is 558 g/mol. The fourth-order valence-corrected chi connectivity index (χ4v) is 7.53. The van der Waals surface area contributed by atoms with Crippen LogP contribution in [0.3, 0.4) is 0 Å². The van der Waals surface area contributed by atoms with Crippen LogP contribution >= 0.6 is 0 Å². The summed E-state index contributed by atoms with van der Waals surface area (Å²) in [5, 5.41) is 32.0. The van der Waals surface area contributed by atoms with Crippen LogP contribution in [0, 0.1) is 28.6 Å². The highest BCUT2D eigenvalue weighted by Crippen LogP contribution is 2.61. The van der Waals surface area contributed by atoms with E-state index in [2.05, 4.69) is 22.6 Å². The predicted octanol–water partition coefficient (Wildman–Crippen LogP) is 4.23. The van der Waals surface area contributed by atoms with E-state index >= 15 is 0 Å². The minimum Gasteiger partial charge on any atom is -0.507 e. The van der Waals surface area contributed by atoms with Crippen LogP contribution in [0.2, 0.25) is 0 Å². The second kappa shape index (κ2) is 9.99. The zero-order valence-electron chi connectivity index (χ0n) is 24.0. The zero-order chi connectivity index (χ0) is 29.1. The van der Waals surface area contributed by atoms with Gasteiger partial charge in [0.25, 0.3) is 0 Å². The third-order valence-electron chi connectivity index (χ3n) is 10.1. The summed E-state index contributed by atoms with van der Waals surface area (Å²) in [5.41, 5.74) is 2.01. The summed E-state index contributed by atoms with van der Waals surface area (Å²) in [7, 11) is 3.80. The standard InChI is InChI=1S/C32H38N4O5/c1-31-10-9-28(39)32(2,18-37)27(31)16-25-23(17-36-12-11-33-30(36)34-25)24(31)8-6-20-14-22(41-29(20)40)13-19-5-7-21(35(3)4)15-26(19)38/h5-8,11-15,23-24,27-28,37-39H,9-10,16-18H2,1-4H3/t23?,24?,27?,28-,31-,32+/m1/s1. The van der Waals surface area contributed by atoms with Gasteiger partial charge in [0.2, 0.25) is 5.95 Å². The number of phenolic OH excluding ortho intramolecular Hbond substituents is 1. The van der Waals surface area contributed by atoms with Gasteiger partial charge in [-0.1, -0.05) is 26.0 Å². The van der Waals surface area contributed by atoms with Crippen molar-refractivity contribution in [2.75, 3.05) is 25.6 Å². The summed E-state index contributed by atoms with van der Waals surface area (Å²) in [4.78, 5) is 24.1. The Hall–Kier alpha value is -3.69. The number of aliphatic hydroxyl groups excluding tert-OH is 2. The Morgan fingerprint density at radius 2 is 2.07 bits per heavy atom. The minimum atomic E-state index is -0.662. The number of aliphatic hydroxyl groups is 2. The molecule has 9 heteroatoms. The Bertz CT molecular complexity index is 1500. The number of aromatic hydroxyl groups is 1. The molecular weight excluding hydrogens is 520 g/mol. The number of aliphatic imine (C=N–C) groups is 1. The van der Waals surface area contributed by atoms with E-state index in [-0.39, 0.29) is 35.5 Å². The first-order valence-corrected chi connectivity index (χ1v) is 14.2. The van der Waals surface area contributed by atoms with Gasteiger partial charge in [-0.15, -0.1) is 0 Å². The number of aromatic nitrogens is 2. The molecule has 41 heavy (non-hydrogen) atoms. The second-order valence-corrected chi connectivity index (χ2v) is 12.6. The number of allylic oxidation sites excluding steroid dienone is 2. The second-order valence-electron chi connectivity index (χ2n) is 12.6. The average Bonchev–Trinajstić information content (AvgIpc) is 3.55. The molecule has 9 nitrogen and oxygen atoms in total. The van der Waals surface area contributed by atoms with Gasteiger partial charge < -0.3 is 29.5 Å². The first kappa shape index (κ1) is 27.5. The van der Waals surface area contributed by atoms with Gasteiger partial charge in [0, 0.05) is 67.4 Å². The SMILES string of the molecule is CN(C)c1ccc(C=C2C=C(C=CC3C4Cn5ccnc5N=C4CC4[C@]3(C)CC[C@@H](O)[C@@]4(C)CO)C(=O)O2)c(O)c1. The number of nitrogens with zero attached hydrogens (tertiary/aromatic N) is 4. The Balaban J connectivity index is 1.35. The molecule has 2 saturated carbocycles. The summed E-state index contributed by atoms with van der Waals surface area (Å²) in [6.45, 7) is 4.88. The molecule has 2 fully saturated rings. The molecule has 4 aliphatic rings. The molecule has 0 amide bonds. The van der Waals surface area contributed by atoms with Crippen molar-refractivity contribution in [2.24, 2.45) is 33.6 Å². The summed E-state index contributed by atoms with van der Waals surface area (Å²) in [6.07, 6.45) is 12.5. The largest absolute Gasteiger partial charge is 0.507 e. The number of rotatable bonds is 5. The molecule has 1 aromatic carbocycles. The third kappa shape index (κ3) is 4.51. The molecule has 6 rings (SSSR count). The number of cyclic esters (lactones) is 1. The average molecular weight is 559 g/mol. The molecule has 2 aliphatic carbocycles. The number of phenols is 1. The van der Waals surface area contributed by atoms with E-state index < -0.39 is 17.5 Å². The molecule has 0 bridgehead atoms. The van der Waals surface area contributed by atoms with Crippen molar-refractivity contribution in [1.29, 1.82) is 0 Å². The highest BCUT2D eigenvalue weighted by atomic mass is 16.5. The van der Waals surface area contributed by atoms with Crippen molar-refractivity contribution >= 4 is 29.4 Å². The van der Waals surface area contributed by atoms with E-state index in [0.717, 1.165) is 24.4 Å². The number of carbonyl (C=O) groups is 1. The van der Waals surface area contributed by atoms with Gasteiger partial charge in [-0.25, -0.2) is 14.8 Å². The van der Waals surface area contributed by atoms with Crippen LogP contribution in [0.15, 0.2) is 65.1 Å². The number of esters is 1. The molecule has 1 aromatic heterocycles. The molecule has 3 N–H and O–H groups in total. The van der Waals surface area contributed by atoms with Crippen molar-refractivity contribution in [1.82, 2.24) is 9.55 Å². The topological polar surface area (TPSA) is 120 Å². The molecule has 0 saturated heterocycles. The lowest BCUT2D eigenvalue weighted by molar-refractivity contribution is -0.147. The Morgan fingerprint density at radius 3 is 2.80 bits per heavy atom. The maximum absolute atomic E-state index is 12.9. The van der Waals surface area contributed by atoms with E-state index in [4.69, 9.17) is 9.73 Å². The lowest BCUT2D eigenvalue weighted by Gasteiger charge is -2.61. The van der Waals surface area contributed by atoms with Crippen molar-refractivity contribution in [3.63, 3.8) is 0 Å². The van der Waals surface area contributed by atoms with Gasteiger partial charge in [0.1, 0.15) is 11.5 Å². The van der Waals surface area contributed by atoms with Crippen LogP contribution in [0.1, 0.15) is 38.7 Å². The molecule has 216 valence electrons. The summed E-state index contributed by atoms with van der Waals surface area (Å²) in [5.74, 6) is 0.833. The van der Waals surface area contributed by atoms with Crippen molar-refractivity contribution in [2.45, 2.75) is 45.8 Å². The summed E-state index contributed by atoms with van der Waals surface area (Å²) >= 11 is 0. The molecule has 3 unspecified atom stereocenters. The number of benzene rings is 1. The number of fused-ring (bicyclic) bond motifs is 3. The van der Waals surface area contributed by atoms with Crippen LogP contribution in [0.4, 0.5) is 11.6 Å². The molecule has 3 heterocycles. The number of ether oxygens (including phenoxy) is 1. The van der Waals surface area contributed by atoms with Crippen molar-refractivity contribution in [3.05, 3.63) is 65.7 Å². The quantitative estimate of drug-likeness (QED) is 0.470. The van der Waals surface area contributed by atoms with E-state index in [9.17, 15) is 20.1 Å². The van der Waals surface area contributed by atoms with Crippen LogP contribution in [0.5, 0.6) is 5.75 Å². The fraction of sp³-hybridized carbons (Fsp3) is 0.469. The third-order valence-corrected chi connectivity index (χ3v) is 10.1. The highest BCUT2D eigenvalue weighted by molar-refractivity contribution is 5.97. The van der Waals surface area contributed by atoms with E-state index in [1.165, 1.54) is 0 Å². The molecule has 0 spiro atoms. The smallest absolute Gasteiger partial charge is 0.343 e. The van der Waals surface area contributed by atoms with Crippen LogP contribution in [-0.4, -0.2) is 63.4 Å². The van der Waals surface area contributed by atoms with Crippen molar-refractivity contribution < 1.29 is 24.9 Å². The number of imidazole rings is 1. The zero-order valence-corrected chi connectivity index (χ0v) is 24.0. The van der Waals surface area contributed by atoms with E-state index in [1.54, 1.807) is 30.5 Å². The van der Waals surface area contributed by atoms with Crippen LogP contribution in [-0.2, 0) is 16.1 Å². The number of hydrogen-bond donors (Lipinski definition) is 3. The Morgan fingerprint density at radius 1 is 1.27 bits per heavy atom. The van der Waals surface area contributed by atoms with Gasteiger partial charge in [0.05, 0.1) is 18.3 Å². The fourth-order valence-electron chi connectivity index (χ4n) is 7.53. The predicted molar refractivity (Wildman–Crippen MR) is 157 cm³/mol. The highest BCUT2D eigenvalue weighted by Gasteiger charge is 2.60. The molecule has 6 atom stereocenters. The molecular formula is C32H38N4O5. The maximum Gasteiger partial charge on any atom is 0.343 e. The number of hydrogen-bond acceptors (Lipinski definition) is 8. The number of anilines is 1. The van der Waals surface area contributed by atoms with E-state index in [1.807, 2.05) is 44.3 Å². The first-order valence-electron chi connectivity index (χ1n) is 14.2.